The van der Waals surface area contributed by atoms with Crippen LogP contribution in [0.3, 0.4) is 0 Å². The van der Waals surface area contributed by atoms with Gasteiger partial charge in [-0.2, -0.15) is 0 Å². The standard InChI is InChI=1S/C32H55N3O5/c1-9-24(4)32(34(6)30(36)20-23(2)3)29(39-8)21-31(37)35-19-13-16-26(35)28(38-7)18-17-27(40-22-33-5)25-14-11-10-12-15-25/h10-12,14-15,23-24,26-29,32-33H,9,13,16-22H2,1-8H3. The lowest BCUT2D eigenvalue weighted by molar-refractivity contribution is -0.144. The van der Waals surface area contributed by atoms with Crippen molar-refractivity contribution in [3.63, 3.8) is 0 Å². The van der Waals surface area contributed by atoms with Crippen LogP contribution in [0.1, 0.15) is 84.3 Å². The van der Waals surface area contributed by atoms with Crippen molar-refractivity contribution in [3.05, 3.63) is 35.9 Å². The van der Waals surface area contributed by atoms with Gasteiger partial charge < -0.3 is 24.0 Å². The Labute approximate surface area is 243 Å². The zero-order chi connectivity index (χ0) is 29.7. The van der Waals surface area contributed by atoms with E-state index in [9.17, 15) is 9.59 Å². The molecular weight excluding hydrogens is 506 g/mol. The lowest BCUT2D eigenvalue weighted by Gasteiger charge is -2.39. The van der Waals surface area contributed by atoms with Crippen LogP contribution in [0.2, 0.25) is 0 Å². The Balaban J connectivity index is 2.13. The van der Waals surface area contributed by atoms with Crippen LogP contribution < -0.4 is 5.32 Å². The van der Waals surface area contributed by atoms with Crippen molar-refractivity contribution < 1.29 is 23.8 Å². The van der Waals surface area contributed by atoms with Crippen LogP contribution in [0.25, 0.3) is 0 Å². The minimum Gasteiger partial charge on any atom is -0.379 e. The average molecular weight is 562 g/mol. The third-order valence-corrected chi connectivity index (χ3v) is 8.37. The molecule has 0 bridgehead atoms. The van der Waals surface area contributed by atoms with Crippen molar-refractivity contribution in [2.24, 2.45) is 11.8 Å². The first-order chi connectivity index (χ1) is 19.2. The fourth-order valence-corrected chi connectivity index (χ4v) is 6.00. The average Bonchev–Trinajstić information content (AvgIpc) is 3.44. The topological polar surface area (TPSA) is 80.3 Å². The summed E-state index contributed by atoms with van der Waals surface area (Å²) in [5.74, 6) is 0.645. The summed E-state index contributed by atoms with van der Waals surface area (Å²) in [6.07, 6.45) is 4.56. The molecule has 8 nitrogen and oxygen atoms in total. The van der Waals surface area contributed by atoms with Gasteiger partial charge in [0.05, 0.1) is 43.5 Å². The first kappa shape index (κ1) is 34.2. The number of nitrogens with one attached hydrogen (secondary N) is 1. The molecule has 1 N–H and O–H groups in total. The number of carbonyl (C=O) groups is 2. The highest BCUT2D eigenvalue weighted by molar-refractivity contribution is 5.78. The van der Waals surface area contributed by atoms with Gasteiger partial charge in [0.15, 0.2) is 0 Å². The fraction of sp³-hybridized carbons (Fsp3) is 0.750. The Kier molecular flexibility index (Phi) is 15.2. The van der Waals surface area contributed by atoms with E-state index in [1.165, 1.54) is 0 Å². The van der Waals surface area contributed by atoms with Gasteiger partial charge in [0, 0.05) is 34.2 Å². The van der Waals surface area contributed by atoms with E-state index >= 15 is 0 Å². The minimum absolute atomic E-state index is 0.0121. The molecule has 0 aromatic heterocycles. The number of likely N-dealkylation sites (N-methyl/N-ethyl adjacent to an activating group) is 1. The number of nitrogens with zero attached hydrogens (tertiary/aromatic N) is 2. The molecule has 2 rings (SSSR count). The van der Waals surface area contributed by atoms with E-state index < -0.39 is 0 Å². The van der Waals surface area contributed by atoms with Crippen LogP contribution in [0, 0.1) is 11.8 Å². The second kappa shape index (κ2) is 17.7. The molecule has 0 radical (unpaired) electrons. The van der Waals surface area contributed by atoms with Gasteiger partial charge >= 0.3 is 0 Å². The molecule has 40 heavy (non-hydrogen) atoms. The molecule has 6 unspecified atom stereocenters. The predicted molar refractivity (Wildman–Crippen MR) is 160 cm³/mol. The number of amides is 2. The maximum Gasteiger partial charge on any atom is 0.225 e. The molecule has 1 aliphatic heterocycles. The first-order valence-corrected chi connectivity index (χ1v) is 15.1. The fourth-order valence-electron chi connectivity index (χ4n) is 6.00. The number of carbonyl (C=O) groups excluding carboxylic acids is 2. The van der Waals surface area contributed by atoms with Crippen molar-refractivity contribution in [1.29, 1.82) is 0 Å². The van der Waals surface area contributed by atoms with Gasteiger partial charge in [-0.05, 0) is 50.1 Å². The van der Waals surface area contributed by atoms with Gasteiger partial charge in [-0.1, -0.05) is 64.4 Å². The maximum atomic E-state index is 13.8. The molecule has 0 aliphatic carbocycles. The highest BCUT2D eigenvalue weighted by atomic mass is 16.5. The summed E-state index contributed by atoms with van der Waals surface area (Å²) >= 11 is 0. The molecule has 1 aromatic carbocycles. The normalized spacial score (nSPS) is 19.3. The second-order valence-electron chi connectivity index (χ2n) is 11.7. The second-order valence-corrected chi connectivity index (χ2v) is 11.7. The molecule has 1 fully saturated rings. The van der Waals surface area contributed by atoms with Gasteiger partial charge in [0.2, 0.25) is 11.8 Å². The number of likely N-dealkylation sites (tertiary alicyclic amines) is 1. The third-order valence-electron chi connectivity index (χ3n) is 8.37. The number of rotatable bonds is 18. The number of ether oxygens (including phenoxy) is 3. The van der Waals surface area contributed by atoms with Gasteiger partial charge in [-0.25, -0.2) is 0 Å². The molecule has 6 atom stereocenters. The summed E-state index contributed by atoms with van der Waals surface area (Å²) in [5.41, 5.74) is 1.14. The maximum absolute atomic E-state index is 13.8. The Hall–Kier alpha value is -2.00. The van der Waals surface area contributed by atoms with E-state index in [-0.39, 0.29) is 60.5 Å². The van der Waals surface area contributed by atoms with Crippen molar-refractivity contribution in [2.45, 2.75) is 103 Å². The highest BCUT2D eigenvalue weighted by Crippen LogP contribution is 2.31. The van der Waals surface area contributed by atoms with Crippen LogP contribution >= 0.6 is 0 Å². The van der Waals surface area contributed by atoms with E-state index in [0.29, 0.717) is 19.7 Å². The molecule has 8 heteroatoms. The van der Waals surface area contributed by atoms with Crippen molar-refractivity contribution in [1.82, 2.24) is 15.1 Å². The van der Waals surface area contributed by atoms with Crippen molar-refractivity contribution >= 4 is 11.8 Å². The third kappa shape index (κ3) is 9.82. The van der Waals surface area contributed by atoms with Crippen LogP contribution in [-0.4, -0.2) is 87.5 Å². The molecule has 1 aliphatic rings. The van der Waals surface area contributed by atoms with Gasteiger partial charge in [0.25, 0.3) is 0 Å². The minimum atomic E-state index is -0.372. The summed E-state index contributed by atoms with van der Waals surface area (Å²) < 4.78 is 18.0. The van der Waals surface area contributed by atoms with Gasteiger partial charge in [0.1, 0.15) is 0 Å². The molecule has 1 heterocycles. The SMILES string of the molecule is CCC(C)C(C(CC(=O)N1CCCC1C(CCC(OCNC)c1ccccc1)OC)OC)N(C)C(=O)CC(C)C. The van der Waals surface area contributed by atoms with Crippen molar-refractivity contribution in [3.8, 4) is 0 Å². The Morgan fingerprint density at radius 2 is 1.77 bits per heavy atom. The van der Waals surface area contributed by atoms with E-state index in [2.05, 4.69) is 45.1 Å². The Bertz CT molecular complexity index is 867. The number of methoxy groups -OCH3 is 2. The van der Waals surface area contributed by atoms with E-state index in [4.69, 9.17) is 14.2 Å². The van der Waals surface area contributed by atoms with Crippen LogP contribution in [0.5, 0.6) is 0 Å². The molecular formula is C32H55N3O5. The number of hydrogen-bond acceptors (Lipinski definition) is 6. The zero-order valence-electron chi connectivity index (χ0n) is 26.2. The summed E-state index contributed by atoms with van der Waals surface area (Å²) in [6, 6.07) is 10.1. The largest absolute Gasteiger partial charge is 0.379 e. The number of hydrogen-bond donors (Lipinski definition) is 1. The molecule has 228 valence electrons. The van der Waals surface area contributed by atoms with E-state index in [0.717, 1.165) is 37.7 Å². The van der Waals surface area contributed by atoms with Crippen LogP contribution in [-0.2, 0) is 23.8 Å². The van der Waals surface area contributed by atoms with E-state index in [1.54, 1.807) is 14.2 Å². The Morgan fingerprint density at radius 3 is 2.35 bits per heavy atom. The summed E-state index contributed by atoms with van der Waals surface area (Å²) in [7, 11) is 7.13. The lowest BCUT2D eigenvalue weighted by atomic mass is 9.90. The quantitative estimate of drug-likeness (QED) is 0.253. The summed E-state index contributed by atoms with van der Waals surface area (Å²) in [6.45, 7) is 9.55. The Morgan fingerprint density at radius 1 is 1.07 bits per heavy atom. The van der Waals surface area contributed by atoms with E-state index in [1.807, 2.05) is 42.1 Å². The molecule has 1 saturated heterocycles. The first-order valence-electron chi connectivity index (χ1n) is 15.1. The predicted octanol–water partition coefficient (Wildman–Crippen LogP) is 5.03. The van der Waals surface area contributed by atoms with Crippen molar-refractivity contribution in [2.75, 3.05) is 41.6 Å². The zero-order valence-corrected chi connectivity index (χ0v) is 26.2. The lowest BCUT2D eigenvalue weighted by Crippen LogP contribution is -2.52. The number of benzene rings is 1. The molecule has 0 spiro atoms. The molecule has 2 amide bonds. The van der Waals surface area contributed by atoms with Crippen LogP contribution in [0.15, 0.2) is 30.3 Å². The van der Waals surface area contributed by atoms with Gasteiger partial charge in [-0.3, -0.25) is 14.9 Å². The highest BCUT2D eigenvalue weighted by Gasteiger charge is 2.39. The molecule has 0 saturated carbocycles. The molecule has 1 aromatic rings. The summed E-state index contributed by atoms with van der Waals surface area (Å²) in [5, 5.41) is 3.07. The monoisotopic (exact) mass is 561 g/mol. The van der Waals surface area contributed by atoms with Crippen LogP contribution in [0.4, 0.5) is 0 Å². The smallest absolute Gasteiger partial charge is 0.225 e. The van der Waals surface area contributed by atoms with Gasteiger partial charge in [-0.15, -0.1) is 0 Å². The summed E-state index contributed by atoms with van der Waals surface area (Å²) in [4.78, 5) is 30.6.